The summed E-state index contributed by atoms with van der Waals surface area (Å²) in [6.07, 6.45) is 0. The molecule has 30 heavy (non-hydrogen) atoms. The van der Waals surface area contributed by atoms with Crippen molar-refractivity contribution < 1.29 is 5.02 Å². The van der Waals surface area contributed by atoms with Crippen LogP contribution in [0.1, 0.15) is 105 Å². The van der Waals surface area contributed by atoms with E-state index in [-0.39, 0.29) is 21.7 Å². The first kappa shape index (κ1) is 24.7. The predicted octanol–water partition coefficient (Wildman–Crippen LogP) is 5.97. The Hall–Kier alpha value is -1.54. The standard InChI is InChI=1S/C28H43BO/c1-25(2,3)19-13-20(26(4,5)6)16-23(15-19)29(30)24-17-21(27(7,8)9)14-22(18-24)28(10,11)12/h13-18,30H,1-12H3. The van der Waals surface area contributed by atoms with Gasteiger partial charge in [-0.25, -0.2) is 0 Å². The van der Waals surface area contributed by atoms with Crippen molar-refractivity contribution >= 4 is 17.8 Å². The van der Waals surface area contributed by atoms with Crippen LogP contribution in [0.5, 0.6) is 0 Å². The van der Waals surface area contributed by atoms with Crippen LogP contribution in [-0.4, -0.2) is 11.9 Å². The Morgan fingerprint density at radius 2 is 0.633 bits per heavy atom. The normalized spacial score (nSPS) is 13.5. The summed E-state index contributed by atoms with van der Waals surface area (Å²) in [7, 11) is 0. The minimum atomic E-state index is -0.642. The molecule has 164 valence electrons. The van der Waals surface area contributed by atoms with E-state index in [1.807, 2.05) is 0 Å². The van der Waals surface area contributed by atoms with Crippen molar-refractivity contribution in [2.75, 3.05) is 0 Å². The van der Waals surface area contributed by atoms with Gasteiger partial charge >= 0.3 is 6.92 Å². The lowest BCUT2D eigenvalue weighted by molar-refractivity contribution is 0.566. The average Bonchev–Trinajstić information content (AvgIpc) is 2.57. The Morgan fingerprint density at radius 1 is 0.433 bits per heavy atom. The largest absolute Gasteiger partial charge is 0.443 e. The van der Waals surface area contributed by atoms with Gasteiger partial charge in [0.1, 0.15) is 0 Å². The number of hydrogen-bond donors (Lipinski definition) is 1. The van der Waals surface area contributed by atoms with Crippen molar-refractivity contribution in [1.82, 2.24) is 0 Å². The van der Waals surface area contributed by atoms with Crippen LogP contribution in [0, 0.1) is 0 Å². The molecule has 0 aliphatic carbocycles. The third-order valence-corrected chi connectivity index (χ3v) is 6.01. The Labute approximate surface area is 186 Å². The van der Waals surface area contributed by atoms with E-state index < -0.39 is 6.92 Å². The van der Waals surface area contributed by atoms with E-state index in [2.05, 4.69) is 119 Å². The Balaban J connectivity index is 2.72. The zero-order chi connectivity index (χ0) is 23.3. The van der Waals surface area contributed by atoms with E-state index in [0.29, 0.717) is 0 Å². The second kappa shape index (κ2) is 7.86. The second-order valence-corrected chi connectivity index (χ2v) is 13.1. The third kappa shape index (κ3) is 5.79. The van der Waals surface area contributed by atoms with Crippen molar-refractivity contribution in [3.8, 4) is 0 Å². The van der Waals surface area contributed by atoms with Gasteiger partial charge in [-0.1, -0.05) is 119 Å². The lowest BCUT2D eigenvalue weighted by atomic mass is 9.53. The summed E-state index contributed by atoms with van der Waals surface area (Å²) in [6, 6.07) is 13.4. The van der Waals surface area contributed by atoms with E-state index in [9.17, 15) is 5.02 Å². The van der Waals surface area contributed by atoms with Gasteiger partial charge in [0.2, 0.25) is 0 Å². The molecule has 0 aliphatic rings. The molecule has 0 aromatic heterocycles. The molecule has 0 heterocycles. The molecule has 1 nitrogen and oxygen atoms in total. The first-order chi connectivity index (χ1) is 13.3. The quantitative estimate of drug-likeness (QED) is 0.609. The van der Waals surface area contributed by atoms with Crippen LogP contribution >= 0.6 is 0 Å². The van der Waals surface area contributed by atoms with Gasteiger partial charge in [-0.2, -0.15) is 0 Å². The molecule has 0 radical (unpaired) electrons. The fourth-order valence-electron chi connectivity index (χ4n) is 3.54. The molecule has 0 saturated heterocycles. The van der Waals surface area contributed by atoms with Gasteiger partial charge in [0.25, 0.3) is 0 Å². The zero-order valence-electron chi connectivity index (χ0n) is 21.5. The van der Waals surface area contributed by atoms with E-state index in [1.165, 1.54) is 22.3 Å². The SMILES string of the molecule is CC(C)(C)c1cc(B(O)c2cc(C(C)(C)C)cc(C(C)(C)C)c2)cc(C(C)(C)C)c1. The summed E-state index contributed by atoms with van der Waals surface area (Å²) >= 11 is 0. The Kier molecular flexibility index (Phi) is 6.48. The molecule has 0 aliphatic heterocycles. The fourth-order valence-corrected chi connectivity index (χ4v) is 3.54. The highest BCUT2D eigenvalue weighted by Crippen LogP contribution is 2.30. The number of rotatable bonds is 2. The molecule has 2 rings (SSSR count). The Bertz CT molecular complexity index is 756. The first-order valence-corrected chi connectivity index (χ1v) is 11.3. The van der Waals surface area contributed by atoms with Crippen molar-refractivity contribution in [2.45, 2.75) is 105 Å². The summed E-state index contributed by atoms with van der Waals surface area (Å²) in [6.45, 7) is 26.2. The molecular formula is C28H43BO. The van der Waals surface area contributed by atoms with Gasteiger partial charge in [-0.05, 0) is 54.8 Å². The van der Waals surface area contributed by atoms with Crippen molar-refractivity contribution in [3.63, 3.8) is 0 Å². The summed E-state index contributed by atoms with van der Waals surface area (Å²) < 4.78 is 0. The monoisotopic (exact) mass is 406 g/mol. The predicted molar refractivity (Wildman–Crippen MR) is 135 cm³/mol. The average molecular weight is 406 g/mol. The van der Waals surface area contributed by atoms with Gasteiger partial charge in [-0.3, -0.25) is 0 Å². The maximum Gasteiger partial charge on any atom is 0.358 e. The van der Waals surface area contributed by atoms with Gasteiger partial charge in [0.05, 0.1) is 0 Å². The molecule has 2 aromatic rings. The summed E-state index contributed by atoms with van der Waals surface area (Å²) in [5.41, 5.74) is 7.16. The highest BCUT2D eigenvalue weighted by Gasteiger charge is 2.28. The molecule has 0 saturated carbocycles. The zero-order valence-corrected chi connectivity index (χ0v) is 21.5. The highest BCUT2D eigenvalue weighted by molar-refractivity contribution is 6.79. The van der Waals surface area contributed by atoms with E-state index >= 15 is 0 Å². The van der Waals surface area contributed by atoms with Crippen LogP contribution in [0.15, 0.2) is 36.4 Å². The maximum absolute atomic E-state index is 11.6. The van der Waals surface area contributed by atoms with Crippen LogP contribution in [0.3, 0.4) is 0 Å². The molecule has 0 bridgehead atoms. The van der Waals surface area contributed by atoms with Gasteiger partial charge in [0.15, 0.2) is 0 Å². The Morgan fingerprint density at radius 3 is 0.800 bits per heavy atom. The van der Waals surface area contributed by atoms with E-state index in [4.69, 9.17) is 0 Å². The van der Waals surface area contributed by atoms with Crippen molar-refractivity contribution in [2.24, 2.45) is 0 Å². The fraction of sp³-hybridized carbons (Fsp3) is 0.571. The highest BCUT2D eigenvalue weighted by atomic mass is 16.2. The molecule has 2 aromatic carbocycles. The molecule has 0 spiro atoms. The molecule has 0 amide bonds. The summed E-state index contributed by atoms with van der Waals surface area (Å²) in [4.78, 5) is 0. The van der Waals surface area contributed by atoms with E-state index in [1.54, 1.807) is 0 Å². The second-order valence-electron chi connectivity index (χ2n) is 13.1. The van der Waals surface area contributed by atoms with Crippen molar-refractivity contribution in [3.05, 3.63) is 58.7 Å². The lowest BCUT2D eigenvalue weighted by Gasteiger charge is -2.28. The van der Waals surface area contributed by atoms with Crippen LogP contribution in [0.2, 0.25) is 0 Å². The van der Waals surface area contributed by atoms with Crippen LogP contribution in [0.25, 0.3) is 0 Å². The van der Waals surface area contributed by atoms with Gasteiger partial charge in [-0.15, -0.1) is 0 Å². The summed E-state index contributed by atoms with van der Waals surface area (Å²) in [5.74, 6) is 0. The van der Waals surface area contributed by atoms with Crippen LogP contribution < -0.4 is 10.9 Å². The number of hydrogen-bond acceptors (Lipinski definition) is 1. The molecular weight excluding hydrogens is 363 g/mol. The lowest BCUT2D eigenvalue weighted by Crippen LogP contribution is -2.44. The van der Waals surface area contributed by atoms with Crippen LogP contribution in [0.4, 0.5) is 0 Å². The maximum atomic E-state index is 11.6. The molecule has 1 N–H and O–H groups in total. The molecule has 0 fully saturated rings. The molecule has 0 unspecified atom stereocenters. The third-order valence-electron chi connectivity index (χ3n) is 6.01. The molecule has 0 atom stereocenters. The van der Waals surface area contributed by atoms with E-state index in [0.717, 1.165) is 10.9 Å². The minimum absolute atomic E-state index is 0.0273. The first-order valence-electron chi connectivity index (χ1n) is 11.3. The van der Waals surface area contributed by atoms with Crippen LogP contribution in [-0.2, 0) is 21.7 Å². The van der Waals surface area contributed by atoms with Gasteiger partial charge in [0, 0.05) is 0 Å². The minimum Gasteiger partial charge on any atom is -0.443 e. The number of benzene rings is 2. The summed E-state index contributed by atoms with van der Waals surface area (Å²) in [5, 5.41) is 11.6. The topological polar surface area (TPSA) is 20.2 Å². The van der Waals surface area contributed by atoms with Crippen molar-refractivity contribution in [1.29, 1.82) is 0 Å². The van der Waals surface area contributed by atoms with Gasteiger partial charge < -0.3 is 5.02 Å². The molecule has 2 heteroatoms. The smallest absolute Gasteiger partial charge is 0.358 e.